The topological polar surface area (TPSA) is 69.1 Å². The Hall–Kier alpha value is -0.940. The summed E-state index contributed by atoms with van der Waals surface area (Å²) in [4.78, 5) is 8.05. The number of hydrogen-bond acceptors (Lipinski definition) is 5. The fourth-order valence-corrected chi connectivity index (χ4v) is 4.66. The number of aliphatic imine (C=N–C) groups is 1. The van der Waals surface area contributed by atoms with Gasteiger partial charge in [-0.2, -0.15) is 0 Å². The summed E-state index contributed by atoms with van der Waals surface area (Å²) in [5, 5.41) is 18.5. The van der Waals surface area contributed by atoms with E-state index in [2.05, 4.69) is 45.6 Å². The molecular formula is C21H33IN4O2S. The lowest BCUT2D eigenvalue weighted by atomic mass is 10.2. The summed E-state index contributed by atoms with van der Waals surface area (Å²) in [6.45, 7) is 6.93. The molecule has 1 aliphatic heterocycles. The van der Waals surface area contributed by atoms with Crippen molar-refractivity contribution in [3.63, 3.8) is 0 Å². The second-order valence-corrected chi connectivity index (χ2v) is 8.24. The maximum Gasteiger partial charge on any atom is 0.191 e. The first-order valence-corrected chi connectivity index (χ1v) is 10.9. The molecule has 8 heteroatoms. The third kappa shape index (κ3) is 7.06. The van der Waals surface area contributed by atoms with Gasteiger partial charge in [-0.1, -0.05) is 18.2 Å². The van der Waals surface area contributed by atoms with Crippen LogP contribution in [0.3, 0.4) is 0 Å². The Labute approximate surface area is 194 Å². The second kappa shape index (κ2) is 12.7. The normalized spacial score (nSPS) is 18.6. The molecule has 1 aromatic carbocycles. The molecule has 0 saturated carbocycles. The van der Waals surface area contributed by atoms with Gasteiger partial charge in [-0.3, -0.25) is 9.89 Å². The van der Waals surface area contributed by atoms with Gasteiger partial charge >= 0.3 is 0 Å². The van der Waals surface area contributed by atoms with Crippen LogP contribution in [-0.2, 0) is 4.74 Å². The lowest BCUT2D eigenvalue weighted by molar-refractivity contribution is 0.141. The monoisotopic (exact) mass is 532 g/mol. The zero-order chi connectivity index (χ0) is 19.8. The number of rotatable bonds is 9. The van der Waals surface area contributed by atoms with Crippen LogP contribution in [0.4, 0.5) is 0 Å². The predicted molar refractivity (Wildman–Crippen MR) is 133 cm³/mol. The van der Waals surface area contributed by atoms with Crippen LogP contribution in [0, 0.1) is 0 Å². The fourth-order valence-electron chi connectivity index (χ4n) is 3.62. The van der Waals surface area contributed by atoms with Crippen LogP contribution in [-0.4, -0.2) is 68.4 Å². The van der Waals surface area contributed by atoms with Gasteiger partial charge in [0.1, 0.15) is 6.10 Å². The number of aliphatic hydroxyl groups is 1. The Morgan fingerprint density at radius 2 is 2.21 bits per heavy atom. The van der Waals surface area contributed by atoms with E-state index in [1.807, 2.05) is 12.1 Å². The highest BCUT2D eigenvalue weighted by molar-refractivity contribution is 14.0. The average Bonchev–Trinajstić information content (AvgIpc) is 3.34. The number of halogens is 1. The number of benzene rings is 1. The summed E-state index contributed by atoms with van der Waals surface area (Å²) >= 11 is 1.63. The number of thiophene rings is 1. The van der Waals surface area contributed by atoms with E-state index >= 15 is 0 Å². The number of guanidine groups is 1. The van der Waals surface area contributed by atoms with Gasteiger partial charge in [0.25, 0.3) is 0 Å². The molecule has 2 heterocycles. The van der Waals surface area contributed by atoms with Gasteiger partial charge in [-0.05, 0) is 43.8 Å². The highest BCUT2D eigenvalue weighted by Gasteiger charge is 2.24. The van der Waals surface area contributed by atoms with Crippen LogP contribution in [0.15, 0.2) is 35.3 Å². The Bertz CT molecular complexity index is 737. The summed E-state index contributed by atoms with van der Waals surface area (Å²) in [6, 6.07) is 10.8. The number of aliphatic hydroxyl groups excluding tert-OH is 1. The van der Waals surface area contributed by atoms with Crippen LogP contribution >= 0.6 is 35.3 Å². The zero-order valence-corrected chi connectivity index (χ0v) is 20.4. The van der Waals surface area contributed by atoms with Gasteiger partial charge in [0, 0.05) is 42.4 Å². The number of nitrogens with one attached hydrogen (secondary N) is 2. The van der Waals surface area contributed by atoms with Gasteiger partial charge in [0.05, 0.1) is 13.2 Å². The van der Waals surface area contributed by atoms with Gasteiger partial charge in [-0.15, -0.1) is 35.3 Å². The molecule has 0 spiro atoms. The highest BCUT2D eigenvalue weighted by atomic mass is 127. The smallest absolute Gasteiger partial charge is 0.191 e. The molecule has 6 nitrogen and oxygen atoms in total. The molecule has 29 heavy (non-hydrogen) atoms. The minimum absolute atomic E-state index is 0. The molecule has 2 atom stereocenters. The van der Waals surface area contributed by atoms with Gasteiger partial charge in [0.2, 0.25) is 0 Å². The summed E-state index contributed by atoms with van der Waals surface area (Å²) in [6.07, 6.45) is 1.84. The Morgan fingerprint density at radius 1 is 1.38 bits per heavy atom. The Balaban J connectivity index is 0.00000300. The van der Waals surface area contributed by atoms with E-state index in [9.17, 15) is 5.11 Å². The van der Waals surface area contributed by atoms with E-state index in [1.54, 1.807) is 18.4 Å². The van der Waals surface area contributed by atoms with Crippen LogP contribution in [0.2, 0.25) is 0 Å². The van der Waals surface area contributed by atoms with E-state index in [-0.39, 0.29) is 24.0 Å². The molecule has 3 rings (SSSR count). The summed E-state index contributed by atoms with van der Waals surface area (Å²) in [5.41, 5.74) is 0. The molecule has 0 aliphatic carbocycles. The third-order valence-corrected chi connectivity index (χ3v) is 6.34. The van der Waals surface area contributed by atoms with E-state index in [1.165, 1.54) is 22.9 Å². The molecule has 0 bridgehead atoms. The minimum Gasteiger partial charge on any atom is -0.386 e. The van der Waals surface area contributed by atoms with Crippen molar-refractivity contribution in [1.82, 2.24) is 15.5 Å². The first kappa shape index (κ1) is 24.3. The quantitative estimate of drug-likeness (QED) is 0.263. The molecular weight excluding hydrogens is 499 g/mol. The van der Waals surface area contributed by atoms with E-state index < -0.39 is 6.10 Å². The van der Waals surface area contributed by atoms with Crippen molar-refractivity contribution < 1.29 is 9.84 Å². The minimum atomic E-state index is -0.586. The van der Waals surface area contributed by atoms with Crippen molar-refractivity contribution in [2.75, 3.05) is 46.4 Å². The van der Waals surface area contributed by atoms with Crippen molar-refractivity contribution in [3.8, 4) is 0 Å². The van der Waals surface area contributed by atoms with Crippen molar-refractivity contribution in [3.05, 3.63) is 35.2 Å². The molecule has 3 N–H and O–H groups in total. The molecule has 162 valence electrons. The van der Waals surface area contributed by atoms with E-state index in [0.717, 1.165) is 43.6 Å². The molecule has 1 saturated heterocycles. The molecule has 1 aliphatic rings. The van der Waals surface area contributed by atoms with Gasteiger partial charge in [-0.25, -0.2) is 0 Å². The van der Waals surface area contributed by atoms with Crippen LogP contribution < -0.4 is 10.6 Å². The number of hydrogen-bond donors (Lipinski definition) is 3. The molecule has 0 amide bonds. The number of fused-ring (bicyclic) bond motifs is 1. The van der Waals surface area contributed by atoms with Crippen LogP contribution in [0.5, 0.6) is 0 Å². The van der Waals surface area contributed by atoms with Crippen LogP contribution in [0.25, 0.3) is 10.1 Å². The fraction of sp³-hybridized carbons (Fsp3) is 0.571. The standard InChI is InChI=1S/C21H32N4O2S.HI/c1-3-22-21(23-14-17-8-6-10-25(17)11-12-27-2)24-15-18(26)20-13-16-7-4-5-9-19(16)28-20;/h4-5,7,9,13,17-18,26H,3,6,8,10-12,14-15H2,1-2H3,(H2,22,23,24);1H. The molecule has 2 unspecified atom stereocenters. The predicted octanol–water partition coefficient (Wildman–Crippen LogP) is 3.22. The maximum absolute atomic E-state index is 10.6. The number of likely N-dealkylation sites (tertiary alicyclic amines) is 1. The van der Waals surface area contributed by atoms with Crippen LogP contribution in [0.1, 0.15) is 30.7 Å². The van der Waals surface area contributed by atoms with E-state index in [0.29, 0.717) is 12.6 Å². The summed E-state index contributed by atoms with van der Waals surface area (Å²) < 4.78 is 6.42. The largest absolute Gasteiger partial charge is 0.386 e. The van der Waals surface area contributed by atoms with Gasteiger partial charge in [0.15, 0.2) is 5.96 Å². The first-order chi connectivity index (χ1) is 13.7. The van der Waals surface area contributed by atoms with Crippen molar-refractivity contribution in [2.45, 2.75) is 31.9 Å². The SMILES string of the molecule is CCNC(=NCC(O)c1cc2ccccc2s1)NCC1CCCN1CCOC.I. The summed E-state index contributed by atoms with van der Waals surface area (Å²) in [7, 11) is 1.75. The molecule has 0 radical (unpaired) electrons. The second-order valence-electron chi connectivity index (χ2n) is 7.13. The lowest BCUT2D eigenvalue weighted by Crippen LogP contribution is -2.45. The molecule has 1 aromatic heterocycles. The number of ether oxygens (including phenoxy) is 1. The lowest BCUT2D eigenvalue weighted by Gasteiger charge is -2.25. The third-order valence-electron chi connectivity index (χ3n) is 5.13. The number of nitrogens with zero attached hydrogens (tertiary/aromatic N) is 2. The van der Waals surface area contributed by atoms with Crippen molar-refractivity contribution in [1.29, 1.82) is 0 Å². The average molecular weight is 532 g/mol. The Morgan fingerprint density at radius 3 is 2.97 bits per heavy atom. The molecule has 1 fully saturated rings. The highest BCUT2D eigenvalue weighted by Crippen LogP contribution is 2.29. The Kier molecular flexibility index (Phi) is 10.6. The van der Waals surface area contributed by atoms with Crippen molar-refractivity contribution >= 4 is 51.4 Å². The van der Waals surface area contributed by atoms with Crippen molar-refractivity contribution in [2.24, 2.45) is 4.99 Å². The van der Waals surface area contributed by atoms with Gasteiger partial charge < -0.3 is 20.5 Å². The first-order valence-electron chi connectivity index (χ1n) is 10.1. The zero-order valence-electron chi connectivity index (χ0n) is 17.3. The van der Waals surface area contributed by atoms with E-state index in [4.69, 9.17) is 4.74 Å². The molecule has 2 aromatic rings. The maximum atomic E-state index is 10.6. The number of methoxy groups -OCH3 is 1. The summed E-state index contributed by atoms with van der Waals surface area (Å²) in [5.74, 6) is 0.765.